The van der Waals surface area contributed by atoms with Gasteiger partial charge in [0.05, 0.1) is 12.2 Å². The molecule has 2 aliphatic carbocycles. The molecule has 2 heteroatoms. The molecule has 0 heterocycles. The second-order valence-corrected chi connectivity index (χ2v) is 5.90. The summed E-state index contributed by atoms with van der Waals surface area (Å²) in [6.07, 6.45) is 5.38. The maximum Gasteiger partial charge on any atom is 0.338 e. The number of esters is 1. The van der Waals surface area contributed by atoms with Crippen molar-refractivity contribution in [2.45, 2.75) is 32.6 Å². The van der Waals surface area contributed by atoms with E-state index in [1.807, 2.05) is 31.2 Å². The van der Waals surface area contributed by atoms with Gasteiger partial charge >= 0.3 is 5.97 Å². The number of rotatable bonds is 3. The van der Waals surface area contributed by atoms with E-state index >= 15 is 0 Å². The summed E-state index contributed by atoms with van der Waals surface area (Å²) in [7, 11) is 0. The maximum absolute atomic E-state index is 11.9. The topological polar surface area (TPSA) is 26.3 Å². The van der Waals surface area contributed by atoms with E-state index in [2.05, 4.69) is 0 Å². The van der Waals surface area contributed by atoms with E-state index in [0.717, 1.165) is 11.8 Å². The van der Waals surface area contributed by atoms with Crippen molar-refractivity contribution in [1.29, 1.82) is 0 Å². The fourth-order valence-corrected chi connectivity index (χ4v) is 3.54. The first kappa shape index (κ1) is 11.8. The van der Waals surface area contributed by atoms with Gasteiger partial charge in [0.15, 0.2) is 0 Å². The lowest BCUT2D eigenvalue weighted by molar-refractivity contribution is 0.0394. The van der Waals surface area contributed by atoms with Crippen molar-refractivity contribution < 1.29 is 9.53 Å². The molecule has 0 spiro atoms. The summed E-state index contributed by atoms with van der Waals surface area (Å²) in [4.78, 5) is 11.9. The van der Waals surface area contributed by atoms with Crippen LogP contribution in [0.4, 0.5) is 0 Å². The van der Waals surface area contributed by atoms with Gasteiger partial charge in [-0.3, -0.25) is 0 Å². The number of carbonyl (C=O) groups is 1. The Morgan fingerprint density at radius 2 is 2.00 bits per heavy atom. The molecule has 0 radical (unpaired) electrons. The third-order valence-electron chi connectivity index (χ3n) is 4.60. The van der Waals surface area contributed by atoms with Crippen molar-refractivity contribution in [3.05, 3.63) is 35.4 Å². The molecule has 2 fully saturated rings. The molecule has 0 N–H and O–H groups in total. The molecule has 3 rings (SSSR count). The average molecular weight is 244 g/mol. The van der Waals surface area contributed by atoms with Crippen LogP contribution in [-0.2, 0) is 4.74 Å². The number of fused-ring (bicyclic) bond motifs is 2. The Kier molecular flexibility index (Phi) is 3.11. The standard InChI is InChI=1S/C16H20O2/c1-11-2-5-13(6-3-11)16(17)18-10-15-9-12-4-7-14(15)8-12/h2-3,5-6,12,14-15H,4,7-10H2,1H3. The van der Waals surface area contributed by atoms with E-state index in [9.17, 15) is 4.79 Å². The molecule has 0 saturated heterocycles. The average Bonchev–Trinajstić information content (AvgIpc) is 2.99. The Morgan fingerprint density at radius 3 is 2.61 bits per heavy atom. The van der Waals surface area contributed by atoms with Crippen LogP contribution < -0.4 is 0 Å². The molecule has 3 atom stereocenters. The van der Waals surface area contributed by atoms with Gasteiger partial charge < -0.3 is 4.74 Å². The zero-order valence-electron chi connectivity index (χ0n) is 10.9. The van der Waals surface area contributed by atoms with Crippen molar-refractivity contribution in [2.75, 3.05) is 6.61 Å². The van der Waals surface area contributed by atoms with Gasteiger partial charge in [0.25, 0.3) is 0 Å². The van der Waals surface area contributed by atoms with Gasteiger partial charge in [-0.1, -0.05) is 24.1 Å². The molecule has 2 aliphatic rings. The van der Waals surface area contributed by atoms with Crippen LogP contribution in [-0.4, -0.2) is 12.6 Å². The summed E-state index contributed by atoms with van der Waals surface area (Å²) in [5.41, 5.74) is 1.84. The number of hydrogen-bond donors (Lipinski definition) is 0. The van der Waals surface area contributed by atoms with E-state index in [0.29, 0.717) is 18.1 Å². The van der Waals surface area contributed by atoms with E-state index in [-0.39, 0.29) is 5.97 Å². The molecule has 96 valence electrons. The summed E-state index contributed by atoms with van der Waals surface area (Å²) in [6.45, 7) is 2.64. The van der Waals surface area contributed by atoms with E-state index < -0.39 is 0 Å². The zero-order chi connectivity index (χ0) is 12.5. The molecule has 1 aromatic rings. The van der Waals surface area contributed by atoms with E-state index in [1.54, 1.807) is 0 Å². The lowest BCUT2D eigenvalue weighted by Gasteiger charge is -2.21. The molecule has 18 heavy (non-hydrogen) atoms. The first-order valence-corrected chi connectivity index (χ1v) is 6.96. The molecule has 2 nitrogen and oxygen atoms in total. The van der Waals surface area contributed by atoms with Crippen LogP contribution in [0.5, 0.6) is 0 Å². The van der Waals surface area contributed by atoms with Gasteiger partial charge in [-0.15, -0.1) is 0 Å². The van der Waals surface area contributed by atoms with Crippen molar-refractivity contribution in [1.82, 2.24) is 0 Å². The fourth-order valence-electron chi connectivity index (χ4n) is 3.54. The molecular weight excluding hydrogens is 224 g/mol. The lowest BCUT2D eigenvalue weighted by Crippen LogP contribution is -2.19. The molecule has 0 amide bonds. The minimum Gasteiger partial charge on any atom is -0.462 e. The first-order valence-electron chi connectivity index (χ1n) is 6.96. The Bertz CT molecular complexity index is 435. The minimum atomic E-state index is -0.169. The normalized spacial score (nSPS) is 29.5. The molecule has 0 aromatic heterocycles. The van der Waals surface area contributed by atoms with Crippen molar-refractivity contribution >= 4 is 5.97 Å². The predicted molar refractivity (Wildman–Crippen MR) is 70.4 cm³/mol. The minimum absolute atomic E-state index is 0.169. The summed E-state index contributed by atoms with van der Waals surface area (Å²) < 4.78 is 5.47. The van der Waals surface area contributed by atoms with Crippen molar-refractivity contribution in [3.8, 4) is 0 Å². The number of hydrogen-bond acceptors (Lipinski definition) is 2. The zero-order valence-corrected chi connectivity index (χ0v) is 10.9. The van der Waals surface area contributed by atoms with Gasteiger partial charge in [-0.2, -0.15) is 0 Å². The second-order valence-electron chi connectivity index (χ2n) is 5.90. The smallest absolute Gasteiger partial charge is 0.338 e. The first-order chi connectivity index (χ1) is 8.72. The highest BCUT2D eigenvalue weighted by molar-refractivity contribution is 5.89. The maximum atomic E-state index is 11.9. The van der Waals surface area contributed by atoms with Crippen LogP contribution in [0.15, 0.2) is 24.3 Å². The molecule has 3 unspecified atom stereocenters. The Hall–Kier alpha value is -1.31. The van der Waals surface area contributed by atoms with Crippen LogP contribution >= 0.6 is 0 Å². The summed E-state index contributed by atoms with van der Waals surface area (Å²) >= 11 is 0. The predicted octanol–water partition coefficient (Wildman–Crippen LogP) is 3.59. The third-order valence-corrected chi connectivity index (χ3v) is 4.60. The van der Waals surface area contributed by atoms with Crippen LogP contribution in [0.3, 0.4) is 0 Å². The summed E-state index contributed by atoms with van der Waals surface area (Å²) in [5.74, 6) is 2.19. The largest absolute Gasteiger partial charge is 0.462 e. The van der Waals surface area contributed by atoms with Gasteiger partial charge in [0, 0.05) is 0 Å². The highest BCUT2D eigenvalue weighted by Gasteiger charge is 2.39. The van der Waals surface area contributed by atoms with Crippen molar-refractivity contribution in [3.63, 3.8) is 0 Å². The van der Waals surface area contributed by atoms with E-state index in [4.69, 9.17) is 4.74 Å². The monoisotopic (exact) mass is 244 g/mol. The Balaban J connectivity index is 1.54. The van der Waals surface area contributed by atoms with Gasteiger partial charge in [-0.05, 0) is 56.1 Å². The summed E-state index contributed by atoms with van der Waals surface area (Å²) in [6, 6.07) is 7.60. The molecule has 0 aliphatic heterocycles. The fraction of sp³-hybridized carbons (Fsp3) is 0.562. The highest BCUT2D eigenvalue weighted by Crippen LogP contribution is 2.48. The van der Waals surface area contributed by atoms with Gasteiger partial charge in [0.1, 0.15) is 0 Å². The molecule has 2 bridgehead atoms. The molecule has 1 aromatic carbocycles. The van der Waals surface area contributed by atoms with Crippen LogP contribution in [0.2, 0.25) is 0 Å². The molecular formula is C16H20O2. The quantitative estimate of drug-likeness (QED) is 0.759. The van der Waals surface area contributed by atoms with Crippen molar-refractivity contribution in [2.24, 2.45) is 17.8 Å². The number of ether oxygens (including phenoxy) is 1. The Labute approximate surface area is 108 Å². The number of benzene rings is 1. The van der Waals surface area contributed by atoms with Crippen LogP contribution in [0.1, 0.15) is 41.6 Å². The Morgan fingerprint density at radius 1 is 1.22 bits per heavy atom. The lowest BCUT2D eigenvalue weighted by atomic mass is 9.89. The van der Waals surface area contributed by atoms with Gasteiger partial charge in [0.2, 0.25) is 0 Å². The SMILES string of the molecule is Cc1ccc(C(=O)OCC2CC3CCC2C3)cc1. The summed E-state index contributed by atoms with van der Waals surface area (Å²) in [5, 5.41) is 0. The van der Waals surface area contributed by atoms with E-state index in [1.165, 1.54) is 31.2 Å². The van der Waals surface area contributed by atoms with Crippen LogP contribution in [0, 0.1) is 24.7 Å². The molecule has 2 saturated carbocycles. The second kappa shape index (κ2) is 4.75. The highest BCUT2D eigenvalue weighted by atomic mass is 16.5. The van der Waals surface area contributed by atoms with Crippen LogP contribution in [0.25, 0.3) is 0 Å². The van der Waals surface area contributed by atoms with Gasteiger partial charge in [-0.25, -0.2) is 4.79 Å². The number of carbonyl (C=O) groups excluding carboxylic acids is 1. The number of aryl methyl sites for hydroxylation is 1. The third kappa shape index (κ3) is 2.29.